The van der Waals surface area contributed by atoms with Crippen molar-refractivity contribution in [2.45, 2.75) is 0 Å². The molecule has 4 nitrogen and oxygen atoms in total. The molecule has 0 aliphatic heterocycles. The topological polar surface area (TPSA) is 69.6 Å². The molecule has 0 heterocycles. The molecule has 5 heteroatoms. The van der Waals surface area contributed by atoms with E-state index in [9.17, 15) is 15.0 Å². The summed E-state index contributed by atoms with van der Waals surface area (Å²) < 4.78 is 0. The molecule has 0 atom stereocenters. The molecule has 4 rings (SSSR count). The number of halogens is 1. The maximum Gasteiger partial charge on any atom is 0.255 e. The molecule has 0 aliphatic rings. The van der Waals surface area contributed by atoms with Crippen molar-refractivity contribution in [1.29, 1.82) is 0 Å². The first-order chi connectivity index (χ1) is 12.6. The van der Waals surface area contributed by atoms with E-state index in [2.05, 4.69) is 5.32 Å². The molecule has 0 spiro atoms. The highest BCUT2D eigenvalue weighted by Gasteiger charge is 2.17. The van der Waals surface area contributed by atoms with Crippen LogP contribution in [0.1, 0.15) is 10.4 Å². The van der Waals surface area contributed by atoms with Crippen LogP contribution in [0.2, 0.25) is 5.02 Å². The van der Waals surface area contributed by atoms with E-state index in [0.717, 1.165) is 0 Å². The number of amides is 1. The van der Waals surface area contributed by atoms with Gasteiger partial charge in [-0.05, 0) is 30.3 Å². The summed E-state index contributed by atoms with van der Waals surface area (Å²) in [4.78, 5) is 12.5. The molecule has 0 radical (unpaired) electrons. The molecule has 0 fully saturated rings. The number of phenolic OH excluding ortho intramolecular Hbond substituents is 2. The minimum Gasteiger partial charge on any atom is -0.507 e. The molecule has 4 aromatic rings. The first-order valence-corrected chi connectivity index (χ1v) is 8.36. The number of hydrogen-bond donors (Lipinski definition) is 3. The molecular formula is C21H14ClNO3. The number of carbonyl (C=O) groups is 1. The maximum atomic E-state index is 12.5. The predicted octanol–water partition coefficient (Wildman–Crippen LogP) is 5.31. The molecule has 26 heavy (non-hydrogen) atoms. The van der Waals surface area contributed by atoms with Gasteiger partial charge in [0.15, 0.2) is 0 Å². The van der Waals surface area contributed by atoms with Crippen LogP contribution in [-0.2, 0) is 0 Å². The summed E-state index contributed by atoms with van der Waals surface area (Å²) >= 11 is 5.86. The highest BCUT2D eigenvalue weighted by atomic mass is 35.5. The van der Waals surface area contributed by atoms with E-state index in [1.165, 1.54) is 0 Å². The zero-order chi connectivity index (χ0) is 18.3. The van der Waals surface area contributed by atoms with Crippen LogP contribution < -0.4 is 5.32 Å². The summed E-state index contributed by atoms with van der Waals surface area (Å²) in [6.45, 7) is 0. The van der Waals surface area contributed by atoms with Crippen molar-refractivity contribution >= 4 is 44.7 Å². The van der Waals surface area contributed by atoms with Crippen LogP contribution in [0.3, 0.4) is 0 Å². The number of hydrogen-bond acceptors (Lipinski definition) is 3. The molecule has 0 saturated heterocycles. The van der Waals surface area contributed by atoms with Crippen LogP contribution in [0.4, 0.5) is 5.69 Å². The Labute approximate surface area is 154 Å². The lowest BCUT2D eigenvalue weighted by atomic mass is 9.99. The van der Waals surface area contributed by atoms with Crippen molar-refractivity contribution in [1.82, 2.24) is 0 Å². The quantitative estimate of drug-likeness (QED) is 0.334. The third-order valence-corrected chi connectivity index (χ3v) is 4.60. The van der Waals surface area contributed by atoms with Gasteiger partial charge in [-0.25, -0.2) is 0 Å². The fourth-order valence-electron chi connectivity index (χ4n) is 3.08. The van der Waals surface area contributed by atoms with Crippen LogP contribution in [0.5, 0.6) is 11.5 Å². The number of nitrogens with one attached hydrogen (secondary N) is 1. The minimum atomic E-state index is -0.332. The van der Waals surface area contributed by atoms with Crippen LogP contribution in [0.25, 0.3) is 21.5 Å². The fourth-order valence-corrected chi connectivity index (χ4v) is 3.21. The minimum absolute atomic E-state index is 0.0143. The molecule has 4 aromatic carbocycles. The van der Waals surface area contributed by atoms with Crippen LogP contribution in [0.15, 0.2) is 66.7 Å². The summed E-state index contributed by atoms with van der Waals surface area (Å²) in [5, 5.41) is 26.6. The lowest BCUT2D eigenvalue weighted by Gasteiger charge is -2.14. The van der Waals surface area contributed by atoms with E-state index in [1.54, 1.807) is 66.7 Å². The molecule has 0 aliphatic carbocycles. The van der Waals surface area contributed by atoms with E-state index in [4.69, 9.17) is 11.6 Å². The Morgan fingerprint density at radius 3 is 2.08 bits per heavy atom. The number of anilines is 1. The number of fused-ring (bicyclic) bond motifs is 2. The Morgan fingerprint density at radius 2 is 1.38 bits per heavy atom. The second-order valence-electron chi connectivity index (χ2n) is 5.93. The second kappa shape index (κ2) is 6.24. The third kappa shape index (κ3) is 2.61. The largest absolute Gasteiger partial charge is 0.507 e. The molecule has 0 aromatic heterocycles. The van der Waals surface area contributed by atoms with E-state index >= 15 is 0 Å². The number of benzene rings is 4. The Kier molecular flexibility index (Phi) is 3.90. The summed E-state index contributed by atoms with van der Waals surface area (Å²) in [6.07, 6.45) is 0. The lowest BCUT2D eigenvalue weighted by Crippen LogP contribution is -2.12. The van der Waals surface area contributed by atoms with E-state index in [1.807, 2.05) is 0 Å². The van der Waals surface area contributed by atoms with Gasteiger partial charge in [-0.15, -0.1) is 0 Å². The smallest absolute Gasteiger partial charge is 0.255 e. The lowest BCUT2D eigenvalue weighted by molar-refractivity contribution is 0.102. The number of carbonyl (C=O) groups excluding carboxylic acids is 1. The molecule has 0 unspecified atom stereocenters. The zero-order valence-electron chi connectivity index (χ0n) is 13.5. The number of rotatable bonds is 2. The molecule has 128 valence electrons. The average Bonchev–Trinajstić information content (AvgIpc) is 2.66. The van der Waals surface area contributed by atoms with Gasteiger partial charge in [0, 0.05) is 26.7 Å². The number of phenols is 2. The molecule has 3 N–H and O–H groups in total. The monoisotopic (exact) mass is 363 g/mol. The maximum absolute atomic E-state index is 12.5. The predicted molar refractivity (Wildman–Crippen MR) is 104 cm³/mol. The van der Waals surface area contributed by atoms with Gasteiger partial charge in [0.2, 0.25) is 0 Å². The van der Waals surface area contributed by atoms with Gasteiger partial charge >= 0.3 is 0 Å². The van der Waals surface area contributed by atoms with Crippen LogP contribution in [-0.4, -0.2) is 16.1 Å². The third-order valence-electron chi connectivity index (χ3n) is 4.35. The normalized spacial score (nSPS) is 11.0. The van der Waals surface area contributed by atoms with Crippen molar-refractivity contribution in [3.63, 3.8) is 0 Å². The summed E-state index contributed by atoms with van der Waals surface area (Å²) in [6, 6.07) is 18.6. The summed E-state index contributed by atoms with van der Waals surface area (Å²) in [5.74, 6) is -0.252. The first-order valence-electron chi connectivity index (χ1n) is 7.98. The van der Waals surface area contributed by atoms with Gasteiger partial charge in [-0.1, -0.05) is 48.0 Å². The van der Waals surface area contributed by atoms with Gasteiger partial charge in [-0.2, -0.15) is 0 Å². The van der Waals surface area contributed by atoms with Crippen molar-refractivity contribution in [2.75, 3.05) is 5.32 Å². The van der Waals surface area contributed by atoms with E-state index in [-0.39, 0.29) is 17.4 Å². The van der Waals surface area contributed by atoms with Crippen LogP contribution in [0, 0.1) is 0 Å². The van der Waals surface area contributed by atoms with Gasteiger partial charge < -0.3 is 15.5 Å². The molecule has 1 amide bonds. The molecule has 0 bridgehead atoms. The second-order valence-corrected chi connectivity index (χ2v) is 6.37. The Balaban J connectivity index is 1.88. The average molecular weight is 364 g/mol. The highest BCUT2D eigenvalue weighted by Crippen LogP contribution is 2.44. The molecule has 0 saturated carbocycles. The summed E-state index contributed by atoms with van der Waals surface area (Å²) in [5.41, 5.74) is 0.858. The van der Waals surface area contributed by atoms with Gasteiger partial charge in [-0.3, -0.25) is 4.79 Å². The van der Waals surface area contributed by atoms with Crippen molar-refractivity contribution in [3.8, 4) is 11.5 Å². The summed E-state index contributed by atoms with van der Waals surface area (Å²) in [7, 11) is 0. The van der Waals surface area contributed by atoms with Gasteiger partial charge in [0.1, 0.15) is 11.5 Å². The van der Waals surface area contributed by atoms with E-state index < -0.39 is 0 Å². The van der Waals surface area contributed by atoms with Crippen molar-refractivity contribution in [2.24, 2.45) is 0 Å². The van der Waals surface area contributed by atoms with Gasteiger partial charge in [0.05, 0.1) is 11.1 Å². The van der Waals surface area contributed by atoms with Gasteiger partial charge in [0.25, 0.3) is 5.91 Å². The zero-order valence-corrected chi connectivity index (χ0v) is 14.3. The fraction of sp³-hybridized carbons (Fsp3) is 0. The molecular weight excluding hydrogens is 350 g/mol. The van der Waals surface area contributed by atoms with E-state index in [0.29, 0.717) is 37.8 Å². The van der Waals surface area contributed by atoms with Crippen molar-refractivity contribution in [3.05, 3.63) is 77.3 Å². The Morgan fingerprint density at radius 1 is 0.769 bits per heavy atom. The standard InChI is InChI=1S/C21H14ClNO3/c22-13-10-8-12(9-11-13)21(26)23-17-7-3-6-16-18(17)20(25)15-5-2-1-4-14(15)19(16)24/h1-11,24-25H,(H,23,26). The van der Waals surface area contributed by atoms with Crippen molar-refractivity contribution < 1.29 is 15.0 Å². The number of aromatic hydroxyl groups is 2. The Bertz CT molecular complexity index is 1150. The first kappa shape index (κ1) is 16.2. The highest BCUT2D eigenvalue weighted by molar-refractivity contribution is 6.30. The Hall–Kier alpha value is -3.24. The van der Waals surface area contributed by atoms with Crippen LogP contribution >= 0.6 is 11.6 Å². The SMILES string of the molecule is O=C(Nc1cccc2c(O)c3ccccc3c(O)c12)c1ccc(Cl)cc1.